The molecule has 2 rings (SSSR count). The molecule has 1 aromatic rings. The van der Waals surface area contributed by atoms with E-state index in [0.717, 1.165) is 6.42 Å². The van der Waals surface area contributed by atoms with Crippen LogP contribution in [0, 0.1) is 0 Å². The third-order valence-corrected chi connectivity index (χ3v) is 3.41. The molecule has 0 saturated carbocycles. The predicted octanol–water partition coefficient (Wildman–Crippen LogP) is 0.410. The molecule has 22 heavy (non-hydrogen) atoms. The van der Waals surface area contributed by atoms with Crippen LogP contribution in [0.1, 0.15) is 42.7 Å². The first-order valence-corrected chi connectivity index (χ1v) is 7.48. The average molecular weight is 307 g/mol. The number of amides is 1. The standard InChI is InChI=1S/C15H21N3O4/c1-3-5-10(19)8-11-12(20)6-7-18-14(11)15(21)16-13(17-18)9-22-4-2/h6-7,13,17H,3-5,8-9H2,1-2H3,(H,16,21)/t13-/m1/s1. The second kappa shape index (κ2) is 7.22. The molecular formula is C15H21N3O4. The fraction of sp³-hybridized carbons (Fsp3) is 0.533. The van der Waals surface area contributed by atoms with Gasteiger partial charge in [-0.05, 0) is 13.3 Å². The van der Waals surface area contributed by atoms with Crippen molar-refractivity contribution in [3.63, 3.8) is 0 Å². The van der Waals surface area contributed by atoms with Crippen molar-refractivity contribution in [1.29, 1.82) is 0 Å². The Bertz CT molecular complexity index is 624. The summed E-state index contributed by atoms with van der Waals surface area (Å²) in [5, 5.41) is 2.73. The van der Waals surface area contributed by atoms with Gasteiger partial charge in [-0.3, -0.25) is 19.1 Å². The van der Waals surface area contributed by atoms with Crippen molar-refractivity contribution in [2.75, 3.05) is 18.6 Å². The summed E-state index contributed by atoms with van der Waals surface area (Å²) < 4.78 is 6.78. The van der Waals surface area contributed by atoms with Gasteiger partial charge in [0, 0.05) is 37.3 Å². The van der Waals surface area contributed by atoms with Crippen molar-refractivity contribution < 1.29 is 14.3 Å². The molecule has 1 aliphatic heterocycles. The van der Waals surface area contributed by atoms with Crippen molar-refractivity contribution in [2.45, 2.75) is 39.3 Å². The van der Waals surface area contributed by atoms with Gasteiger partial charge in [0.25, 0.3) is 5.91 Å². The van der Waals surface area contributed by atoms with E-state index in [9.17, 15) is 14.4 Å². The monoisotopic (exact) mass is 307 g/mol. The van der Waals surface area contributed by atoms with Crippen LogP contribution in [-0.4, -0.2) is 35.7 Å². The van der Waals surface area contributed by atoms with Crippen LogP contribution in [0.2, 0.25) is 0 Å². The third kappa shape index (κ3) is 3.54. The van der Waals surface area contributed by atoms with E-state index in [1.807, 2.05) is 13.8 Å². The zero-order valence-corrected chi connectivity index (χ0v) is 12.8. The second-order valence-electron chi connectivity index (χ2n) is 5.16. The molecule has 0 saturated heterocycles. The Kier molecular flexibility index (Phi) is 5.32. The van der Waals surface area contributed by atoms with E-state index in [4.69, 9.17) is 4.74 Å². The maximum atomic E-state index is 12.3. The number of hydrogen-bond donors (Lipinski definition) is 2. The lowest BCUT2D eigenvalue weighted by atomic mass is 10.0. The van der Waals surface area contributed by atoms with Gasteiger partial charge in [-0.2, -0.15) is 0 Å². The number of ether oxygens (including phenoxy) is 1. The second-order valence-corrected chi connectivity index (χ2v) is 5.16. The summed E-state index contributed by atoms with van der Waals surface area (Å²) in [5.74, 6) is -0.418. The molecule has 0 bridgehead atoms. The number of pyridine rings is 1. The summed E-state index contributed by atoms with van der Waals surface area (Å²) in [6, 6.07) is 1.36. The number of carbonyl (C=O) groups is 2. The van der Waals surface area contributed by atoms with Gasteiger partial charge < -0.3 is 15.5 Å². The molecule has 0 spiro atoms. The van der Waals surface area contributed by atoms with Crippen molar-refractivity contribution in [3.05, 3.63) is 33.7 Å². The largest absolute Gasteiger partial charge is 0.378 e. The van der Waals surface area contributed by atoms with Gasteiger partial charge in [-0.1, -0.05) is 6.92 Å². The van der Waals surface area contributed by atoms with Crippen molar-refractivity contribution >= 4 is 11.7 Å². The van der Waals surface area contributed by atoms with Crippen LogP contribution >= 0.6 is 0 Å². The van der Waals surface area contributed by atoms with E-state index < -0.39 is 0 Å². The van der Waals surface area contributed by atoms with Crippen LogP contribution in [0.5, 0.6) is 0 Å². The Balaban J connectivity index is 2.29. The highest BCUT2D eigenvalue weighted by molar-refractivity contribution is 5.96. The molecule has 120 valence electrons. The Labute approximate surface area is 128 Å². The van der Waals surface area contributed by atoms with Crippen molar-refractivity contribution in [3.8, 4) is 0 Å². The van der Waals surface area contributed by atoms with Gasteiger partial charge in [0.2, 0.25) is 0 Å². The molecule has 0 fully saturated rings. The third-order valence-electron chi connectivity index (χ3n) is 3.41. The van der Waals surface area contributed by atoms with Crippen molar-refractivity contribution in [2.24, 2.45) is 0 Å². The number of hydrogen-bond acceptors (Lipinski definition) is 5. The molecule has 0 unspecified atom stereocenters. The molecule has 0 aliphatic carbocycles. The van der Waals surface area contributed by atoms with Gasteiger partial charge in [-0.15, -0.1) is 0 Å². The molecule has 1 aliphatic rings. The number of rotatable bonds is 7. The maximum absolute atomic E-state index is 12.3. The highest BCUT2D eigenvalue weighted by atomic mass is 16.5. The maximum Gasteiger partial charge on any atom is 0.271 e. The number of nitrogens with one attached hydrogen (secondary N) is 2. The molecule has 1 aromatic heterocycles. The molecule has 0 aromatic carbocycles. The first-order valence-electron chi connectivity index (χ1n) is 7.48. The summed E-state index contributed by atoms with van der Waals surface area (Å²) in [5.41, 5.74) is 3.18. The lowest BCUT2D eigenvalue weighted by molar-refractivity contribution is -0.118. The summed E-state index contributed by atoms with van der Waals surface area (Å²) in [6.07, 6.45) is 2.23. The Morgan fingerprint density at radius 1 is 1.36 bits per heavy atom. The number of carbonyl (C=O) groups excluding carboxylic acids is 2. The summed E-state index contributed by atoms with van der Waals surface area (Å²) >= 11 is 0. The molecule has 7 nitrogen and oxygen atoms in total. The quantitative estimate of drug-likeness (QED) is 0.761. The first-order chi connectivity index (χ1) is 10.6. The minimum absolute atomic E-state index is 0.0198. The van der Waals surface area contributed by atoms with Crippen LogP contribution < -0.4 is 16.2 Å². The van der Waals surface area contributed by atoms with Crippen LogP contribution in [-0.2, 0) is 16.0 Å². The van der Waals surface area contributed by atoms with Gasteiger partial charge in [0.15, 0.2) is 5.43 Å². The van der Waals surface area contributed by atoms with Crippen LogP contribution in [0.15, 0.2) is 17.1 Å². The Morgan fingerprint density at radius 2 is 2.14 bits per heavy atom. The smallest absolute Gasteiger partial charge is 0.271 e. The number of fused-ring (bicyclic) bond motifs is 1. The predicted molar refractivity (Wildman–Crippen MR) is 81.4 cm³/mol. The highest BCUT2D eigenvalue weighted by Crippen LogP contribution is 2.11. The zero-order valence-electron chi connectivity index (χ0n) is 12.8. The van der Waals surface area contributed by atoms with Gasteiger partial charge >= 0.3 is 0 Å². The fourth-order valence-electron chi connectivity index (χ4n) is 2.41. The van der Waals surface area contributed by atoms with E-state index in [1.165, 1.54) is 16.9 Å². The highest BCUT2D eigenvalue weighted by Gasteiger charge is 2.27. The number of nitrogens with zero attached hydrogens (tertiary/aromatic N) is 1. The van der Waals surface area contributed by atoms with E-state index in [1.54, 1.807) is 0 Å². The van der Waals surface area contributed by atoms with Crippen LogP contribution in [0.3, 0.4) is 0 Å². The number of aromatic nitrogens is 1. The van der Waals surface area contributed by atoms with Crippen molar-refractivity contribution in [1.82, 2.24) is 9.99 Å². The fourth-order valence-corrected chi connectivity index (χ4v) is 2.41. The van der Waals surface area contributed by atoms with Gasteiger partial charge in [-0.25, -0.2) is 0 Å². The average Bonchev–Trinajstić information content (AvgIpc) is 2.48. The summed E-state index contributed by atoms with van der Waals surface area (Å²) in [6.45, 7) is 4.63. The molecule has 2 N–H and O–H groups in total. The molecule has 7 heteroatoms. The van der Waals surface area contributed by atoms with E-state index in [-0.39, 0.29) is 41.0 Å². The molecular weight excluding hydrogens is 286 g/mol. The van der Waals surface area contributed by atoms with E-state index in [0.29, 0.717) is 19.6 Å². The normalized spacial score (nSPS) is 16.6. The van der Waals surface area contributed by atoms with Crippen LogP contribution in [0.4, 0.5) is 0 Å². The summed E-state index contributed by atoms with van der Waals surface area (Å²) in [4.78, 5) is 36.2. The molecule has 1 amide bonds. The molecule has 0 radical (unpaired) electrons. The van der Waals surface area contributed by atoms with E-state index in [2.05, 4.69) is 10.7 Å². The number of Topliss-reactive ketones (excluding diaryl/α,β-unsaturated/α-hetero) is 1. The van der Waals surface area contributed by atoms with Gasteiger partial charge in [0.05, 0.1) is 6.61 Å². The van der Waals surface area contributed by atoms with E-state index >= 15 is 0 Å². The minimum Gasteiger partial charge on any atom is -0.378 e. The number of ketones is 1. The molecule has 1 atom stereocenters. The summed E-state index contributed by atoms with van der Waals surface area (Å²) in [7, 11) is 0. The van der Waals surface area contributed by atoms with Gasteiger partial charge in [0.1, 0.15) is 17.6 Å². The lowest BCUT2D eigenvalue weighted by Crippen LogP contribution is -2.54. The van der Waals surface area contributed by atoms with Crippen LogP contribution in [0.25, 0.3) is 0 Å². The first kappa shape index (κ1) is 16.2. The topological polar surface area (TPSA) is 89.4 Å². The SMILES string of the molecule is CCCC(=O)Cc1c2n(ccc1=O)N[C@H](COCC)NC2=O. The zero-order chi connectivity index (χ0) is 16.1. The lowest BCUT2D eigenvalue weighted by Gasteiger charge is -2.30. The Hall–Kier alpha value is -2.15. The molecule has 2 heterocycles. The Morgan fingerprint density at radius 3 is 2.82 bits per heavy atom. The minimum atomic E-state index is -0.375.